The smallest absolute Gasteiger partial charge is 0.279 e. The lowest BCUT2D eigenvalue weighted by Crippen LogP contribution is -2.44. The van der Waals surface area contributed by atoms with Gasteiger partial charge in [-0.2, -0.15) is 0 Å². The summed E-state index contributed by atoms with van der Waals surface area (Å²) >= 11 is 0. The van der Waals surface area contributed by atoms with Gasteiger partial charge in [0.1, 0.15) is 5.48 Å². The minimum atomic E-state index is -0.285. The molecular formula is C19H26N8O. The molecule has 9 heteroatoms. The van der Waals surface area contributed by atoms with Crippen LogP contribution in [-0.4, -0.2) is 42.1 Å². The van der Waals surface area contributed by atoms with Crippen molar-refractivity contribution in [2.24, 2.45) is 10.7 Å². The molecule has 0 saturated heterocycles. The van der Waals surface area contributed by atoms with Gasteiger partial charge < -0.3 is 26.3 Å². The zero-order valence-corrected chi connectivity index (χ0v) is 16.2. The molecule has 0 saturated carbocycles. The fraction of sp³-hybridized carbons (Fsp3) is 0.368. The van der Waals surface area contributed by atoms with Crippen LogP contribution in [0.25, 0.3) is 6.58 Å². The Morgan fingerprint density at radius 3 is 2.79 bits per heavy atom. The molecule has 1 aromatic carbocycles. The summed E-state index contributed by atoms with van der Waals surface area (Å²) in [7, 11) is 0. The van der Waals surface area contributed by atoms with Crippen LogP contribution >= 0.6 is 0 Å². The van der Waals surface area contributed by atoms with Crippen molar-refractivity contribution in [3.63, 3.8) is 0 Å². The van der Waals surface area contributed by atoms with Gasteiger partial charge in [0.25, 0.3) is 5.56 Å². The van der Waals surface area contributed by atoms with Gasteiger partial charge in [-0.25, -0.2) is 9.98 Å². The summed E-state index contributed by atoms with van der Waals surface area (Å²) in [4.78, 5) is 26.0. The van der Waals surface area contributed by atoms with Gasteiger partial charge in [-0.1, -0.05) is 6.58 Å². The summed E-state index contributed by atoms with van der Waals surface area (Å²) in [6, 6.07) is 4.08. The largest absolute Gasteiger partial charge is 0.370 e. The fourth-order valence-corrected chi connectivity index (χ4v) is 3.09. The number of nitrogens with two attached hydrogens (primary N) is 1. The molecule has 3 rings (SSSR count). The van der Waals surface area contributed by atoms with Crippen LogP contribution in [0.3, 0.4) is 0 Å². The maximum Gasteiger partial charge on any atom is 0.279 e. The number of aromatic nitrogens is 2. The first-order valence-corrected chi connectivity index (χ1v) is 9.22. The average Bonchev–Trinajstić information content (AvgIpc) is 2.62. The molecule has 0 unspecified atom stereocenters. The Morgan fingerprint density at radius 1 is 1.29 bits per heavy atom. The molecule has 1 aliphatic heterocycles. The van der Waals surface area contributed by atoms with Gasteiger partial charge in [0.2, 0.25) is 0 Å². The Bertz CT molecular complexity index is 1060. The number of hydrogen-bond acceptors (Lipinski definition) is 6. The SMILES string of the molecule is C=c1nc2c(c(=O)[nH]1)=Nc1cc(C)c(C)cc1N2CCNCCCNC(=N)N. The number of fused-ring (bicyclic) bond motifs is 2. The molecule has 0 radical (unpaired) electrons. The zero-order chi connectivity index (χ0) is 20.3. The summed E-state index contributed by atoms with van der Waals surface area (Å²) < 4.78 is 0. The number of benzene rings is 1. The molecule has 0 amide bonds. The van der Waals surface area contributed by atoms with Gasteiger partial charge in [-0.3, -0.25) is 10.2 Å². The number of nitrogens with zero attached hydrogens (tertiary/aromatic N) is 3. The molecule has 6 N–H and O–H groups in total. The number of aromatic amines is 1. The van der Waals surface area contributed by atoms with E-state index in [1.807, 2.05) is 17.9 Å². The van der Waals surface area contributed by atoms with E-state index in [0.29, 0.717) is 36.3 Å². The van der Waals surface area contributed by atoms with E-state index >= 15 is 0 Å². The topological polar surface area (TPSA) is 135 Å². The van der Waals surface area contributed by atoms with Crippen molar-refractivity contribution < 1.29 is 0 Å². The van der Waals surface area contributed by atoms with Crippen LogP contribution in [0.5, 0.6) is 0 Å². The first-order chi connectivity index (χ1) is 13.4. The third kappa shape index (κ3) is 4.20. The maximum atomic E-state index is 12.4. The van der Waals surface area contributed by atoms with Crippen LogP contribution in [0, 0.1) is 19.3 Å². The van der Waals surface area contributed by atoms with Crippen LogP contribution in [-0.2, 0) is 0 Å². The van der Waals surface area contributed by atoms with Crippen LogP contribution in [0.2, 0.25) is 0 Å². The van der Waals surface area contributed by atoms with E-state index in [4.69, 9.17) is 11.1 Å². The highest BCUT2D eigenvalue weighted by atomic mass is 16.1. The van der Waals surface area contributed by atoms with Crippen LogP contribution in [0.1, 0.15) is 17.5 Å². The van der Waals surface area contributed by atoms with E-state index in [2.05, 4.69) is 45.2 Å². The van der Waals surface area contributed by atoms with Gasteiger partial charge in [-0.15, -0.1) is 0 Å². The van der Waals surface area contributed by atoms with Crippen LogP contribution in [0.15, 0.2) is 21.9 Å². The normalized spacial score (nSPS) is 12.1. The highest BCUT2D eigenvalue weighted by Gasteiger charge is 2.23. The summed E-state index contributed by atoms with van der Waals surface area (Å²) in [5, 5.41) is 13.6. The Balaban J connectivity index is 1.82. The molecule has 1 aromatic heterocycles. The minimum absolute atomic E-state index is 0.0174. The molecular weight excluding hydrogens is 356 g/mol. The number of hydrogen-bond donors (Lipinski definition) is 5. The second-order valence-corrected chi connectivity index (χ2v) is 6.82. The van der Waals surface area contributed by atoms with Gasteiger partial charge in [0, 0.05) is 19.6 Å². The van der Waals surface area contributed by atoms with Gasteiger partial charge in [-0.05, 0) is 50.1 Å². The maximum absolute atomic E-state index is 12.4. The molecule has 0 atom stereocenters. The molecule has 0 spiro atoms. The Hall–Kier alpha value is -3.20. The summed E-state index contributed by atoms with van der Waals surface area (Å²) in [5.74, 6) is 0.515. The number of guanidine groups is 1. The second-order valence-electron chi connectivity index (χ2n) is 6.82. The second kappa shape index (κ2) is 8.22. The Labute approximate surface area is 162 Å². The van der Waals surface area contributed by atoms with Crippen molar-refractivity contribution in [1.29, 1.82) is 5.41 Å². The zero-order valence-electron chi connectivity index (χ0n) is 16.2. The lowest BCUT2D eigenvalue weighted by Gasteiger charge is -2.28. The lowest BCUT2D eigenvalue weighted by atomic mass is 10.1. The Kier molecular flexibility index (Phi) is 5.74. The number of aryl methyl sites for hydroxylation is 2. The average molecular weight is 382 g/mol. The quantitative estimate of drug-likeness (QED) is 0.253. The first-order valence-electron chi connectivity index (χ1n) is 9.22. The third-order valence-corrected chi connectivity index (χ3v) is 4.65. The molecule has 1 aliphatic rings. The molecule has 148 valence electrons. The number of H-pyrrole nitrogens is 1. The summed E-state index contributed by atoms with van der Waals surface area (Å²) in [6.45, 7) is 10.6. The number of nitrogens with one attached hydrogen (secondary N) is 4. The highest BCUT2D eigenvalue weighted by molar-refractivity contribution is 5.77. The number of anilines is 2. The van der Waals surface area contributed by atoms with Crippen LogP contribution < -0.4 is 37.7 Å². The van der Waals surface area contributed by atoms with Crippen molar-refractivity contribution in [3.8, 4) is 0 Å². The Morgan fingerprint density at radius 2 is 2.04 bits per heavy atom. The molecule has 28 heavy (non-hydrogen) atoms. The van der Waals surface area contributed by atoms with Crippen molar-refractivity contribution in [3.05, 3.63) is 44.5 Å². The van der Waals surface area contributed by atoms with E-state index < -0.39 is 0 Å². The van der Waals surface area contributed by atoms with E-state index in [9.17, 15) is 4.79 Å². The molecule has 9 nitrogen and oxygen atoms in total. The van der Waals surface area contributed by atoms with Crippen molar-refractivity contribution in [2.45, 2.75) is 20.3 Å². The number of rotatable bonds is 7. The minimum Gasteiger partial charge on any atom is -0.370 e. The molecule has 0 aliphatic carbocycles. The van der Waals surface area contributed by atoms with E-state index in [-0.39, 0.29) is 11.5 Å². The van der Waals surface area contributed by atoms with Crippen LogP contribution in [0.4, 0.5) is 17.2 Å². The first kappa shape index (κ1) is 19.6. The summed E-state index contributed by atoms with van der Waals surface area (Å²) in [5.41, 5.74) is 9.29. The van der Waals surface area contributed by atoms with Crippen molar-refractivity contribution in [1.82, 2.24) is 20.6 Å². The van der Waals surface area contributed by atoms with E-state index in [1.54, 1.807) is 0 Å². The van der Waals surface area contributed by atoms with Gasteiger partial charge in [0.15, 0.2) is 17.1 Å². The third-order valence-electron chi connectivity index (χ3n) is 4.65. The molecule has 2 heterocycles. The molecule has 0 fully saturated rings. The monoisotopic (exact) mass is 382 g/mol. The molecule has 0 bridgehead atoms. The highest BCUT2D eigenvalue weighted by Crippen LogP contribution is 2.36. The lowest BCUT2D eigenvalue weighted by molar-refractivity contribution is 0.637. The molecule has 2 aromatic rings. The van der Waals surface area contributed by atoms with E-state index in [1.165, 1.54) is 0 Å². The van der Waals surface area contributed by atoms with Crippen molar-refractivity contribution in [2.75, 3.05) is 31.1 Å². The standard InChI is InChI=1S/C19H26N8O/c1-11-9-14-15(10-12(11)2)27(8-7-22-5-4-6-23-19(20)21)17-16(26-14)18(28)25-13(3)24-17/h9-10,22H,3-8H2,1-2H3,(H,25,28)(H4,20,21,23). The fourth-order valence-electron chi connectivity index (χ4n) is 3.09. The van der Waals surface area contributed by atoms with Crippen molar-refractivity contribution >= 4 is 29.7 Å². The summed E-state index contributed by atoms with van der Waals surface area (Å²) in [6.07, 6.45) is 0.849. The predicted octanol–water partition coefficient (Wildman–Crippen LogP) is -0.337. The van der Waals surface area contributed by atoms with E-state index in [0.717, 1.165) is 35.5 Å². The van der Waals surface area contributed by atoms with Gasteiger partial charge in [0.05, 0.1) is 11.4 Å². The van der Waals surface area contributed by atoms with Gasteiger partial charge >= 0.3 is 0 Å². The predicted molar refractivity (Wildman–Crippen MR) is 111 cm³/mol.